The second kappa shape index (κ2) is 13.3. The molecule has 1 N–H and O–H groups in total. The average Bonchev–Trinajstić information content (AvgIpc) is 3.44. The molecule has 1 aliphatic rings. The molecule has 7 nitrogen and oxygen atoms in total. The summed E-state index contributed by atoms with van der Waals surface area (Å²) in [5, 5.41) is 3.57. The number of carbonyl (C=O) groups is 2. The van der Waals surface area contributed by atoms with Crippen LogP contribution in [0, 0.1) is 6.92 Å². The van der Waals surface area contributed by atoms with Gasteiger partial charge in [-0.15, -0.1) is 0 Å². The summed E-state index contributed by atoms with van der Waals surface area (Å²) in [7, 11) is -3.85. The number of amides is 2. The predicted molar refractivity (Wildman–Crippen MR) is 160 cm³/mol. The molecule has 0 aromatic heterocycles. The molecule has 40 heavy (non-hydrogen) atoms. The number of hydrogen-bond donors (Lipinski definition) is 1. The molecule has 0 unspecified atom stereocenters. The van der Waals surface area contributed by atoms with Crippen molar-refractivity contribution in [2.75, 3.05) is 17.1 Å². The van der Waals surface area contributed by atoms with Gasteiger partial charge in [-0.2, -0.15) is 0 Å². The minimum absolute atomic E-state index is 0.0710. The zero-order chi connectivity index (χ0) is 28.7. The Hall–Kier alpha value is -3.36. The fourth-order valence-electron chi connectivity index (χ4n) is 5.05. The van der Waals surface area contributed by atoms with E-state index in [1.165, 1.54) is 4.90 Å². The highest BCUT2D eigenvalue weighted by Gasteiger charge is 2.34. The summed E-state index contributed by atoms with van der Waals surface area (Å²) in [6.07, 6.45) is 5.29. The van der Waals surface area contributed by atoms with E-state index in [-0.39, 0.29) is 18.5 Å². The van der Waals surface area contributed by atoms with Gasteiger partial charge < -0.3 is 10.2 Å². The molecule has 0 heterocycles. The third-order valence-corrected chi connectivity index (χ3v) is 8.84. The van der Waals surface area contributed by atoms with Gasteiger partial charge in [0, 0.05) is 24.0 Å². The fraction of sp³-hybridized carbons (Fsp3) is 0.355. The zero-order valence-electron chi connectivity index (χ0n) is 22.9. The van der Waals surface area contributed by atoms with Crippen molar-refractivity contribution < 1.29 is 18.0 Å². The first kappa shape index (κ1) is 29.6. The molecule has 2 amide bonds. The van der Waals surface area contributed by atoms with Crippen molar-refractivity contribution in [3.63, 3.8) is 0 Å². The lowest BCUT2D eigenvalue weighted by molar-refractivity contribution is -0.140. The number of rotatable bonds is 11. The third kappa shape index (κ3) is 7.86. The number of aryl methyl sites for hydroxylation is 1. The van der Waals surface area contributed by atoms with Crippen LogP contribution in [0.1, 0.15) is 42.4 Å². The molecule has 0 saturated heterocycles. The Morgan fingerprint density at radius 3 is 2.12 bits per heavy atom. The van der Waals surface area contributed by atoms with Crippen LogP contribution in [0.2, 0.25) is 5.02 Å². The maximum absolute atomic E-state index is 14.1. The van der Waals surface area contributed by atoms with Gasteiger partial charge >= 0.3 is 0 Å². The molecule has 0 radical (unpaired) electrons. The van der Waals surface area contributed by atoms with Gasteiger partial charge in [-0.05, 0) is 48.6 Å². The van der Waals surface area contributed by atoms with Crippen molar-refractivity contribution >= 4 is 39.1 Å². The molecular formula is C31H36ClN3O4S. The molecule has 0 bridgehead atoms. The van der Waals surface area contributed by atoms with Crippen molar-refractivity contribution in [2.24, 2.45) is 0 Å². The average molecular weight is 582 g/mol. The van der Waals surface area contributed by atoms with Crippen LogP contribution in [0.4, 0.5) is 5.69 Å². The van der Waals surface area contributed by atoms with E-state index in [2.05, 4.69) is 5.32 Å². The number of benzene rings is 3. The second-order valence-electron chi connectivity index (χ2n) is 10.4. The summed E-state index contributed by atoms with van der Waals surface area (Å²) in [6.45, 7) is 1.51. The summed E-state index contributed by atoms with van der Waals surface area (Å²) in [5.74, 6) is -0.710. The Morgan fingerprint density at radius 1 is 0.950 bits per heavy atom. The lowest BCUT2D eigenvalue weighted by Gasteiger charge is -2.34. The first-order chi connectivity index (χ1) is 19.1. The maximum atomic E-state index is 14.1. The second-order valence-corrected chi connectivity index (χ2v) is 12.7. The van der Waals surface area contributed by atoms with E-state index < -0.39 is 28.5 Å². The number of sulfonamides is 1. The first-order valence-corrected chi connectivity index (χ1v) is 15.8. The molecular weight excluding hydrogens is 546 g/mol. The summed E-state index contributed by atoms with van der Waals surface area (Å²) < 4.78 is 26.9. The van der Waals surface area contributed by atoms with Crippen molar-refractivity contribution in [3.8, 4) is 0 Å². The third-order valence-electron chi connectivity index (χ3n) is 7.29. The topological polar surface area (TPSA) is 86.8 Å². The van der Waals surface area contributed by atoms with E-state index >= 15 is 0 Å². The Kier molecular flexibility index (Phi) is 9.87. The van der Waals surface area contributed by atoms with Gasteiger partial charge in [0.2, 0.25) is 21.8 Å². The number of halogens is 1. The standard InChI is InChI=1S/C31H36ClN3O4S/c1-23-17-18-27(20-28(23)32)35(40(2,38)39)22-30(36)34(21-25-13-7-4-8-14-25)29(19-24-11-5-3-6-12-24)31(37)33-26-15-9-10-16-26/h3-8,11-14,17-18,20,26,29H,9-10,15-16,19,21-22H2,1-2H3,(H,33,37)/t29-/m1/s1. The summed E-state index contributed by atoms with van der Waals surface area (Å²) >= 11 is 6.31. The van der Waals surface area contributed by atoms with Crippen LogP contribution in [-0.2, 0) is 32.6 Å². The maximum Gasteiger partial charge on any atom is 0.244 e. The van der Waals surface area contributed by atoms with Crippen LogP contribution in [0.25, 0.3) is 0 Å². The van der Waals surface area contributed by atoms with Gasteiger partial charge in [0.05, 0.1) is 11.9 Å². The van der Waals surface area contributed by atoms with Gasteiger partial charge in [0.25, 0.3) is 0 Å². The summed E-state index contributed by atoms with van der Waals surface area (Å²) in [6, 6.07) is 23.1. The SMILES string of the molecule is Cc1ccc(N(CC(=O)N(Cc2ccccc2)[C@H](Cc2ccccc2)C(=O)NC2CCCC2)S(C)(=O)=O)cc1Cl. The molecule has 212 valence electrons. The van der Waals surface area contributed by atoms with Gasteiger partial charge in [-0.1, -0.05) is 91.2 Å². The lowest BCUT2D eigenvalue weighted by atomic mass is 10.0. The van der Waals surface area contributed by atoms with E-state index in [1.807, 2.05) is 67.6 Å². The highest BCUT2D eigenvalue weighted by molar-refractivity contribution is 7.92. The number of hydrogen-bond acceptors (Lipinski definition) is 4. The number of nitrogens with zero attached hydrogens (tertiary/aromatic N) is 2. The monoisotopic (exact) mass is 581 g/mol. The lowest BCUT2D eigenvalue weighted by Crippen LogP contribution is -2.54. The number of anilines is 1. The molecule has 3 aromatic carbocycles. The molecule has 1 fully saturated rings. The largest absolute Gasteiger partial charge is 0.352 e. The Morgan fingerprint density at radius 2 is 1.55 bits per heavy atom. The molecule has 3 aromatic rings. The molecule has 4 rings (SSSR count). The van der Waals surface area contributed by atoms with E-state index in [9.17, 15) is 18.0 Å². The zero-order valence-corrected chi connectivity index (χ0v) is 24.5. The minimum Gasteiger partial charge on any atom is -0.352 e. The van der Waals surface area contributed by atoms with E-state index in [1.54, 1.807) is 18.2 Å². The molecule has 9 heteroatoms. The summed E-state index contributed by atoms with van der Waals surface area (Å²) in [5.41, 5.74) is 2.83. The smallest absolute Gasteiger partial charge is 0.244 e. The molecule has 0 spiro atoms. The Balaban J connectivity index is 1.71. The first-order valence-electron chi connectivity index (χ1n) is 13.5. The molecule has 1 atom stereocenters. The van der Waals surface area contributed by atoms with Crippen LogP contribution in [-0.4, -0.2) is 50.0 Å². The Bertz CT molecular complexity index is 1410. The quantitative estimate of drug-likeness (QED) is 0.341. The van der Waals surface area contributed by atoms with Crippen LogP contribution >= 0.6 is 11.6 Å². The van der Waals surface area contributed by atoms with Crippen molar-refractivity contribution in [2.45, 2.75) is 57.7 Å². The van der Waals surface area contributed by atoms with Gasteiger partial charge in [-0.3, -0.25) is 13.9 Å². The number of nitrogens with one attached hydrogen (secondary N) is 1. The predicted octanol–water partition coefficient (Wildman–Crippen LogP) is 5.11. The van der Waals surface area contributed by atoms with Crippen LogP contribution in [0.15, 0.2) is 78.9 Å². The molecule has 0 aliphatic heterocycles. The van der Waals surface area contributed by atoms with Crippen LogP contribution < -0.4 is 9.62 Å². The fourth-order valence-corrected chi connectivity index (χ4v) is 6.07. The normalized spacial score (nSPS) is 14.5. The van der Waals surface area contributed by atoms with E-state index in [0.29, 0.717) is 17.1 Å². The Labute approximate surface area is 242 Å². The highest BCUT2D eigenvalue weighted by atomic mass is 35.5. The van der Waals surface area contributed by atoms with E-state index in [4.69, 9.17) is 11.6 Å². The summed E-state index contributed by atoms with van der Waals surface area (Å²) in [4.78, 5) is 29.4. The van der Waals surface area contributed by atoms with Crippen molar-refractivity contribution in [1.29, 1.82) is 0 Å². The highest BCUT2D eigenvalue weighted by Crippen LogP contribution is 2.26. The minimum atomic E-state index is -3.85. The van der Waals surface area contributed by atoms with Crippen molar-refractivity contribution in [1.82, 2.24) is 10.2 Å². The number of carbonyl (C=O) groups excluding carboxylic acids is 2. The van der Waals surface area contributed by atoms with Gasteiger partial charge in [-0.25, -0.2) is 8.42 Å². The van der Waals surface area contributed by atoms with Crippen LogP contribution in [0.5, 0.6) is 0 Å². The van der Waals surface area contributed by atoms with E-state index in [0.717, 1.165) is 52.9 Å². The van der Waals surface area contributed by atoms with Gasteiger partial charge in [0.15, 0.2) is 0 Å². The molecule has 1 aliphatic carbocycles. The van der Waals surface area contributed by atoms with Crippen LogP contribution in [0.3, 0.4) is 0 Å². The molecule has 1 saturated carbocycles. The van der Waals surface area contributed by atoms with Crippen molar-refractivity contribution in [3.05, 3.63) is 101 Å². The van der Waals surface area contributed by atoms with Gasteiger partial charge in [0.1, 0.15) is 12.6 Å².